The number of nitrogens with one attached hydrogen (secondary N) is 1. The maximum atomic E-state index is 5.79. The molecular formula is C15H22N2S. The van der Waals surface area contributed by atoms with Crippen LogP contribution in [0, 0.1) is 12.3 Å². The van der Waals surface area contributed by atoms with Crippen LogP contribution < -0.4 is 11.1 Å². The Hall–Kier alpha value is -1.09. The fourth-order valence-corrected chi connectivity index (χ4v) is 2.98. The third-order valence-corrected chi connectivity index (χ3v) is 4.26. The molecule has 0 atom stereocenters. The van der Waals surface area contributed by atoms with Crippen molar-refractivity contribution >= 4 is 22.9 Å². The van der Waals surface area contributed by atoms with E-state index in [9.17, 15) is 0 Å². The molecule has 1 fully saturated rings. The van der Waals surface area contributed by atoms with Crippen molar-refractivity contribution in [1.29, 1.82) is 0 Å². The molecule has 0 aromatic heterocycles. The second kappa shape index (κ2) is 5.27. The topological polar surface area (TPSA) is 38.0 Å². The van der Waals surface area contributed by atoms with Crippen molar-refractivity contribution in [3.05, 3.63) is 29.3 Å². The molecule has 18 heavy (non-hydrogen) atoms. The van der Waals surface area contributed by atoms with Gasteiger partial charge in [0.2, 0.25) is 0 Å². The van der Waals surface area contributed by atoms with Crippen LogP contribution in [0.25, 0.3) is 0 Å². The van der Waals surface area contributed by atoms with Gasteiger partial charge in [-0.15, -0.1) is 0 Å². The Bertz CT molecular complexity index is 448. The highest BCUT2D eigenvalue weighted by Crippen LogP contribution is 2.38. The summed E-state index contributed by atoms with van der Waals surface area (Å²) in [6, 6.07) is 6.10. The third-order valence-electron chi connectivity index (χ3n) is 4.04. The van der Waals surface area contributed by atoms with Gasteiger partial charge in [-0.1, -0.05) is 44.1 Å². The van der Waals surface area contributed by atoms with Crippen LogP contribution in [-0.4, -0.2) is 11.5 Å². The van der Waals surface area contributed by atoms with Gasteiger partial charge in [-0.25, -0.2) is 0 Å². The molecule has 0 heterocycles. The number of hydrogen-bond acceptors (Lipinski definition) is 2. The maximum absolute atomic E-state index is 5.79. The fourth-order valence-electron chi connectivity index (χ4n) is 2.81. The second-order valence-corrected chi connectivity index (χ2v) is 6.17. The number of hydrogen-bond donors (Lipinski definition) is 2. The number of nitrogens with two attached hydrogens (primary N) is 1. The molecule has 0 bridgehead atoms. The Labute approximate surface area is 115 Å². The number of rotatable bonds is 4. The zero-order valence-corrected chi connectivity index (χ0v) is 12.1. The van der Waals surface area contributed by atoms with E-state index in [1.807, 2.05) is 12.1 Å². The standard InChI is InChI=1S/C15H22N2S/c1-11-6-5-7-12(14(16)18)13(11)17-10-15(2)8-3-4-9-15/h5-7,17H,3-4,8-10H2,1-2H3,(H2,16,18). The van der Waals surface area contributed by atoms with Crippen LogP contribution in [0.2, 0.25) is 0 Å². The summed E-state index contributed by atoms with van der Waals surface area (Å²) in [5.74, 6) is 0. The average Bonchev–Trinajstić information content (AvgIpc) is 2.74. The van der Waals surface area contributed by atoms with Crippen LogP contribution in [0.4, 0.5) is 5.69 Å². The van der Waals surface area contributed by atoms with Crippen molar-refractivity contribution < 1.29 is 0 Å². The van der Waals surface area contributed by atoms with Crippen molar-refractivity contribution in [3.63, 3.8) is 0 Å². The number of anilines is 1. The van der Waals surface area contributed by atoms with Gasteiger partial charge in [0.1, 0.15) is 4.99 Å². The Morgan fingerprint density at radius 3 is 2.67 bits per heavy atom. The minimum absolute atomic E-state index is 0.426. The number of benzene rings is 1. The van der Waals surface area contributed by atoms with Crippen molar-refractivity contribution in [3.8, 4) is 0 Å². The van der Waals surface area contributed by atoms with Crippen molar-refractivity contribution in [2.24, 2.45) is 11.1 Å². The Morgan fingerprint density at radius 1 is 1.39 bits per heavy atom. The maximum Gasteiger partial charge on any atom is 0.106 e. The van der Waals surface area contributed by atoms with Crippen LogP contribution in [0.5, 0.6) is 0 Å². The minimum atomic E-state index is 0.426. The van der Waals surface area contributed by atoms with Gasteiger partial charge in [-0.3, -0.25) is 0 Å². The molecule has 1 aromatic rings. The molecule has 98 valence electrons. The quantitative estimate of drug-likeness (QED) is 0.814. The molecule has 2 rings (SSSR count). The number of thiocarbonyl (C=S) groups is 1. The Balaban J connectivity index is 2.15. The van der Waals surface area contributed by atoms with Crippen molar-refractivity contribution in [2.45, 2.75) is 39.5 Å². The molecule has 0 radical (unpaired) electrons. The van der Waals surface area contributed by atoms with E-state index in [1.165, 1.54) is 31.2 Å². The molecular weight excluding hydrogens is 240 g/mol. The van der Waals surface area contributed by atoms with Gasteiger partial charge in [-0.2, -0.15) is 0 Å². The van der Waals surface area contributed by atoms with E-state index in [2.05, 4.69) is 25.2 Å². The lowest BCUT2D eigenvalue weighted by Crippen LogP contribution is -2.25. The first-order valence-electron chi connectivity index (χ1n) is 6.65. The van der Waals surface area contributed by atoms with Gasteiger partial charge in [0.15, 0.2) is 0 Å². The summed E-state index contributed by atoms with van der Waals surface area (Å²) in [5.41, 5.74) is 9.50. The first-order chi connectivity index (χ1) is 8.52. The highest BCUT2D eigenvalue weighted by atomic mass is 32.1. The van der Waals surface area contributed by atoms with E-state index in [0.717, 1.165) is 17.8 Å². The minimum Gasteiger partial charge on any atom is -0.389 e. The van der Waals surface area contributed by atoms with E-state index < -0.39 is 0 Å². The van der Waals surface area contributed by atoms with E-state index in [1.54, 1.807) is 0 Å². The van der Waals surface area contributed by atoms with E-state index >= 15 is 0 Å². The molecule has 1 saturated carbocycles. The molecule has 0 saturated heterocycles. The second-order valence-electron chi connectivity index (χ2n) is 5.73. The summed E-state index contributed by atoms with van der Waals surface area (Å²) in [6.07, 6.45) is 5.34. The van der Waals surface area contributed by atoms with Gasteiger partial charge in [-0.05, 0) is 36.8 Å². The molecule has 3 heteroatoms. The summed E-state index contributed by atoms with van der Waals surface area (Å²) in [7, 11) is 0. The van der Waals surface area contributed by atoms with Gasteiger partial charge in [0.25, 0.3) is 0 Å². The summed E-state index contributed by atoms with van der Waals surface area (Å²) in [6.45, 7) is 5.47. The summed E-state index contributed by atoms with van der Waals surface area (Å²) in [4.78, 5) is 0.470. The highest BCUT2D eigenvalue weighted by Gasteiger charge is 2.28. The number of aryl methyl sites for hydroxylation is 1. The molecule has 3 N–H and O–H groups in total. The highest BCUT2D eigenvalue weighted by molar-refractivity contribution is 7.80. The number of para-hydroxylation sites is 1. The fraction of sp³-hybridized carbons (Fsp3) is 0.533. The lowest BCUT2D eigenvalue weighted by molar-refractivity contribution is 0.362. The molecule has 0 aliphatic heterocycles. The SMILES string of the molecule is Cc1cccc(C(N)=S)c1NCC1(C)CCCC1. The van der Waals surface area contributed by atoms with E-state index in [4.69, 9.17) is 18.0 Å². The molecule has 0 amide bonds. The van der Waals surface area contributed by atoms with Gasteiger partial charge < -0.3 is 11.1 Å². The first-order valence-corrected chi connectivity index (χ1v) is 7.06. The van der Waals surface area contributed by atoms with Gasteiger partial charge >= 0.3 is 0 Å². The molecule has 0 unspecified atom stereocenters. The van der Waals surface area contributed by atoms with Crippen molar-refractivity contribution in [1.82, 2.24) is 0 Å². The Kier molecular flexibility index (Phi) is 3.91. The zero-order valence-electron chi connectivity index (χ0n) is 11.3. The summed E-state index contributed by atoms with van der Waals surface area (Å²) in [5, 5.41) is 3.58. The molecule has 1 aliphatic rings. The normalized spacial score (nSPS) is 17.7. The molecule has 1 aromatic carbocycles. The first kappa shape index (κ1) is 13.3. The van der Waals surface area contributed by atoms with Crippen LogP contribution in [0.15, 0.2) is 18.2 Å². The predicted molar refractivity (Wildman–Crippen MR) is 82.1 cm³/mol. The van der Waals surface area contributed by atoms with Crippen molar-refractivity contribution in [2.75, 3.05) is 11.9 Å². The lowest BCUT2D eigenvalue weighted by atomic mass is 9.88. The van der Waals surface area contributed by atoms with E-state index in [0.29, 0.717) is 10.4 Å². The van der Waals surface area contributed by atoms with Gasteiger partial charge in [0, 0.05) is 17.8 Å². The predicted octanol–water partition coefficient (Wildman–Crippen LogP) is 3.62. The molecule has 1 aliphatic carbocycles. The molecule has 2 nitrogen and oxygen atoms in total. The Morgan fingerprint density at radius 2 is 2.06 bits per heavy atom. The zero-order chi connectivity index (χ0) is 13.2. The molecule has 0 spiro atoms. The van der Waals surface area contributed by atoms with Crippen LogP contribution >= 0.6 is 12.2 Å². The largest absolute Gasteiger partial charge is 0.389 e. The summed E-state index contributed by atoms with van der Waals surface area (Å²) < 4.78 is 0. The lowest BCUT2D eigenvalue weighted by Gasteiger charge is -2.26. The van der Waals surface area contributed by atoms with Gasteiger partial charge in [0.05, 0.1) is 0 Å². The third kappa shape index (κ3) is 2.83. The average molecular weight is 262 g/mol. The van der Waals surface area contributed by atoms with Crippen LogP contribution in [-0.2, 0) is 0 Å². The monoisotopic (exact) mass is 262 g/mol. The smallest absolute Gasteiger partial charge is 0.106 e. The van der Waals surface area contributed by atoms with Crippen LogP contribution in [0.1, 0.15) is 43.7 Å². The summed E-state index contributed by atoms with van der Waals surface area (Å²) >= 11 is 5.12. The van der Waals surface area contributed by atoms with Crippen LogP contribution in [0.3, 0.4) is 0 Å². The van der Waals surface area contributed by atoms with E-state index in [-0.39, 0.29) is 0 Å².